The summed E-state index contributed by atoms with van der Waals surface area (Å²) in [6.45, 7) is 7.70. The molecule has 0 radical (unpaired) electrons. The van der Waals surface area contributed by atoms with Gasteiger partial charge in [0.1, 0.15) is 6.17 Å². The molecule has 146 valence electrons. The molecule has 26 heavy (non-hydrogen) atoms. The van der Waals surface area contributed by atoms with E-state index in [1.165, 1.54) is 0 Å². The quantitative estimate of drug-likeness (QED) is 0.283. The minimum Gasteiger partial charge on any atom is -0.462 e. The number of nitrogens with one attached hydrogen (secondary N) is 2. The smallest absolute Gasteiger partial charge is 0.338 e. The number of unbranched alkanes of at least 4 members (excludes halogenated alkanes) is 1. The van der Waals surface area contributed by atoms with Gasteiger partial charge in [-0.3, -0.25) is 4.79 Å². The maximum Gasteiger partial charge on any atom is 0.338 e. The van der Waals surface area contributed by atoms with Crippen molar-refractivity contribution in [1.82, 2.24) is 5.32 Å². The van der Waals surface area contributed by atoms with Crippen LogP contribution in [0.1, 0.15) is 50.9 Å². The average Bonchev–Trinajstić information content (AvgIpc) is 2.53. The van der Waals surface area contributed by atoms with E-state index >= 15 is 0 Å². The van der Waals surface area contributed by atoms with E-state index in [2.05, 4.69) is 10.6 Å². The van der Waals surface area contributed by atoms with Crippen LogP contribution in [0, 0.1) is 5.41 Å². The van der Waals surface area contributed by atoms with Crippen LogP contribution in [0.3, 0.4) is 0 Å². The molecule has 0 unspecified atom stereocenters. The zero-order chi connectivity index (χ0) is 20.0. The molecule has 0 aliphatic rings. The molecular weight excluding hydrogens is 399 g/mol. The SMILES string of the molecule is CCCCOC(=O)c1ccc(N[C@@H](NC(=O)C(C)(C)C)C(Cl)(Cl)Cl)cc1. The third-order valence-electron chi connectivity index (χ3n) is 3.45. The molecule has 0 heterocycles. The van der Waals surface area contributed by atoms with Crippen LogP contribution < -0.4 is 10.6 Å². The fourth-order valence-corrected chi connectivity index (χ4v) is 2.14. The van der Waals surface area contributed by atoms with Crippen molar-refractivity contribution in [2.75, 3.05) is 11.9 Å². The van der Waals surface area contributed by atoms with E-state index in [-0.39, 0.29) is 11.9 Å². The molecule has 0 aliphatic heterocycles. The highest BCUT2D eigenvalue weighted by molar-refractivity contribution is 6.68. The molecule has 0 saturated heterocycles. The van der Waals surface area contributed by atoms with Crippen molar-refractivity contribution >= 4 is 52.4 Å². The summed E-state index contributed by atoms with van der Waals surface area (Å²) in [6, 6.07) is 6.53. The molecule has 0 aliphatic carbocycles. The minimum atomic E-state index is -1.77. The first-order valence-corrected chi connectivity index (χ1v) is 9.50. The number of hydrogen-bond acceptors (Lipinski definition) is 4. The Balaban J connectivity index is 2.80. The number of esters is 1. The highest BCUT2D eigenvalue weighted by Crippen LogP contribution is 2.32. The first-order chi connectivity index (χ1) is 11.9. The normalized spacial score (nSPS) is 13.0. The predicted molar refractivity (Wildman–Crippen MR) is 107 cm³/mol. The van der Waals surface area contributed by atoms with Crippen molar-refractivity contribution in [2.45, 2.75) is 50.5 Å². The van der Waals surface area contributed by atoms with Gasteiger partial charge in [0.2, 0.25) is 9.70 Å². The molecule has 0 fully saturated rings. The van der Waals surface area contributed by atoms with Gasteiger partial charge in [-0.25, -0.2) is 4.79 Å². The van der Waals surface area contributed by atoms with Gasteiger partial charge >= 0.3 is 5.97 Å². The van der Waals surface area contributed by atoms with Crippen LogP contribution in [0.15, 0.2) is 24.3 Å². The molecule has 1 rings (SSSR count). The summed E-state index contributed by atoms with van der Waals surface area (Å²) in [5, 5.41) is 5.64. The zero-order valence-electron chi connectivity index (χ0n) is 15.4. The van der Waals surface area contributed by atoms with Crippen LogP contribution in [0.5, 0.6) is 0 Å². The van der Waals surface area contributed by atoms with Crippen LogP contribution >= 0.6 is 34.8 Å². The molecule has 0 spiro atoms. The molecule has 2 N–H and O–H groups in total. The Labute approximate surface area is 169 Å². The first kappa shape index (κ1) is 22.9. The summed E-state index contributed by atoms with van der Waals surface area (Å²) in [5.41, 5.74) is 0.374. The van der Waals surface area contributed by atoms with E-state index < -0.39 is 15.4 Å². The lowest BCUT2D eigenvalue weighted by molar-refractivity contribution is -0.129. The molecule has 1 atom stereocenters. The summed E-state index contributed by atoms with van der Waals surface area (Å²) >= 11 is 17.9. The number of benzene rings is 1. The minimum absolute atomic E-state index is 0.266. The Hall–Kier alpha value is -1.17. The van der Waals surface area contributed by atoms with E-state index in [9.17, 15) is 9.59 Å². The Morgan fingerprint density at radius 3 is 2.15 bits per heavy atom. The largest absolute Gasteiger partial charge is 0.462 e. The molecule has 5 nitrogen and oxygen atoms in total. The Morgan fingerprint density at radius 2 is 1.69 bits per heavy atom. The summed E-state index contributed by atoms with van der Waals surface area (Å²) in [6.07, 6.45) is 0.833. The fourth-order valence-electron chi connectivity index (χ4n) is 1.81. The van der Waals surface area contributed by atoms with Crippen molar-refractivity contribution < 1.29 is 14.3 Å². The third kappa shape index (κ3) is 7.60. The van der Waals surface area contributed by atoms with Gasteiger partial charge in [-0.2, -0.15) is 0 Å². The van der Waals surface area contributed by atoms with Crippen molar-refractivity contribution in [3.8, 4) is 0 Å². The molecule has 8 heteroatoms. The average molecular weight is 424 g/mol. The maximum atomic E-state index is 12.2. The van der Waals surface area contributed by atoms with Crippen molar-refractivity contribution in [3.05, 3.63) is 29.8 Å². The van der Waals surface area contributed by atoms with Crippen molar-refractivity contribution in [1.29, 1.82) is 0 Å². The van der Waals surface area contributed by atoms with Gasteiger partial charge < -0.3 is 15.4 Å². The highest BCUT2D eigenvalue weighted by atomic mass is 35.6. The zero-order valence-corrected chi connectivity index (χ0v) is 17.6. The monoisotopic (exact) mass is 422 g/mol. The Kier molecular flexibility index (Phi) is 8.51. The number of anilines is 1. The van der Waals surface area contributed by atoms with Gasteiger partial charge in [0, 0.05) is 11.1 Å². The molecule has 1 amide bonds. The lowest BCUT2D eigenvalue weighted by Gasteiger charge is -2.30. The van der Waals surface area contributed by atoms with Gasteiger partial charge in [0.15, 0.2) is 0 Å². The number of hydrogen-bond donors (Lipinski definition) is 2. The molecule has 1 aromatic rings. The summed E-state index contributed by atoms with van der Waals surface area (Å²) in [7, 11) is 0. The Bertz CT molecular complexity index is 608. The number of ether oxygens (including phenoxy) is 1. The molecule has 0 saturated carbocycles. The summed E-state index contributed by atoms with van der Waals surface area (Å²) in [5.74, 6) is -0.651. The van der Waals surface area contributed by atoms with E-state index in [0.717, 1.165) is 12.8 Å². The third-order valence-corrected chi connectivity index (χ3v) is 4.10. The first-order valence-electron chi connectivity index (χ1n) is 8.36. The number of halogens is 3. The van der Waals surface area contributed by atoms with Gasteiger partial charge in [-0.05, 0) is 30.7 Å². The van der Waals surface area contributed by atoms with Crippen LogP contribution in [0.4, 0.5) is 5.69 Å². The fraction of sp³-hybridized carbons (Fsp3) is 0.556. The van der Waals surface area contributed by atoms with Crippen LogP contribution in [0.25, 0.3) is 0 Å². The second kappa shape index (κ2) is 9.67. The second-order valence-electron chi connectivity index (χ2n) is 6.91. The van der Waals surface area contributed by atoms with Crippen LogP contribution in [-0.4, -0.2) is 28.4 Å². The van der Waals surface area contributed by atoms with E-state index in [0.29, 0.717) is 17.9 Å². The topological polar surface area (TPSA) is 67.4 Å². The van der Waals surface area contributed by atoms with E-state index in [1.807, 2.05) is 6.92 Å². The Morgan fingerprint density at radius 1 is 1.12 bits per heavy atom. The second-order valence-corrected chi connectivity index (χ2v) is 9.28. The lowest BCUT2D eigenvalue weighted by Crippen LogP contribution is -2.52. The van der Waals surface area contributed by atoms with Crippen molar-refractivity contribution in [2.24, 2.45) is 5.41 Å². The predicted octanol–water partition coefficient (Wildman–Crippen LogP) is 4.91. The number of alkyl halides is 3. The summed E-state index contributed by atoms with van der Waals surface area (Å²) in [4.78, 5) is 24.1. The standard InChI is InChI=1S/C18H25Cl3N2O3/c1-5-6-11-26-14(24)12-7-9-13(10-8-12)22-15(18(19,20)21)23-16(25)17(2,3)4/h7-10,15,22H,5-6,11H2,1-4H3,(H,23,25)/t15-/m0/s1. The lowest BCUT2D eigenvalue weighted by atomic mass is 9.95. The molecule has 0 bridgehead atoms. The molecular formula is C18H25Cl3N2O3. The van der Waals surface area contributed by atoms with Crippen LogP contribution in [-0.2, 0) is 9.53 Å². The van der Waals surface area contributed by atoms with Crippen molar-refractivity contribution in [3.63, 3.8) is 0 Å². The van der Waals surface area contributed by atoms with Gasteiger partial charge in [0.25, 0.3) is 0 Å². The van der Waals surface area contributed by atoms with E-state index in [4.69, 9.17) is 39.5 Å². The van der Waals surface area contributed by atoms with Crippen LogP contribution in [0.2, 0.25) is 0 Å². The number of carbonyl (C=O) groups excluding carboxylic acids is 2. The summed E-state index contributed by atoms with van der Waals surface area (Å²) < 4.78 is 3.39. The van der Waals surface area contributed by atoms with Gasteiger partial charge in [-0.15, -0.1) is 0 Å². The number of amides is 1. The highest BCUT2D eigenvalue weighted by Gasteiger charge is 2.36. The maximum absolute atomic E-state index is 12.2. The molecule has 1 aromatic carbocycles. The number of carbonyl (C=O) groups is 2. The van der Waals surface area contributed by atoms with Gasteiger partial charge in [0.05, 0.1) is 12.2 Å². The number of rotatable bonds is 7. The van der Waals surface area contributed by atoms with Gasteiger partial charge in [-0.1, -0.05) is 68.9 Å². The molecule has 0 aromatic heterocycles. The van der Waals surface area contributed by atoms with E-state index in [1.54, 1.807) is 45.0 Å².